The van der Waals surface area contributed by atoms with Crippen LogP contribution in [0.2, 0.25) is 0 Å². The van der Waals surface area contributed by atoms with E-state index in [9.17, 15) is 0 Å². The average molecular weight is 654 g/mol. The molecule has 0 radical (unpaired) electrons. The topological polar surface area (TPSA) is 3.24 Å². The van der Waals surface area contributed by atoms with Crippen LogP contribution in [0, 0.1) is 17.8 Å². The Balaban J connectivity index is 1.12. The summed E-state index contributed by atoms with van der Waals surface area (Å²) < 4.78 is 0. The molecule has 0 heterocycles. The molecule has 5 fully saturated rings. The molecule has 6 aliphatic carbocycles. The molecular weight excluding hydrogens is 603 g/mol. The van der Waals surface area contributed by atoms with E-state index in [1.165, 1.54) is 127 Å². The van der Waals surface area contributed by atoms with Gasteiger partial charge in [0.15, 0.2) is 0 Å². The first-order chi connectivity index (χ1) is 24.4. The number of fused-ring (bicyclic) bond motifs is 3. The van der Waals surface area contributed by atoms with Gasteiger partial charge in [-0.25, -0.2) is 0 Å². The third kappa shape index (κ3) is 4.94. The van der Waals surface area contributed by atoms with Crippen molar-refractivity contribution in [1.82, 2.24) is 0 Å². The summed E-state index contributed by atoms with van der Waals surface area (Å²) in [5, 5.41) is 0. The Morgan fingerprint density at radius 1 is 0.540 bits per heavy atom. The Bertz CT molecular complexity index is 1990. The minimum Gasteiger partial charge on any atom is -0.310 e. The summed E-state index contributed by atoms with van der Waals surface area (Å²) in [6.07, 6.45) is 15.5. The normalized spacial score (nSPS) is 26.1. The van der Waals surface area contributed by atoms with Gasteiger partial charge in [-0.3, -0.25) is 0 Å². The van der Waals surface area contributed by atoms with Crippen molar-refractivity contribution in [2.45, 2.75) is 101 Å². The highest BCUT2D eigenvalue weighted by molar-refractivity contribution is 5.96. The first-order valence-corrected chi connectivity index (χ1v) is 19.8. The van der Waals surface area contributed by atoms with Gasteiger partial charge in [-0.05, 0) is 161 Å². The fraction of sp³-hybridized carbons (Fsp3) is 0.388. The van der Waals surface area contributed by atoms with Gasteiger partial charge >= 0.3 is 0 Å². The molecule has 50 heavy (non-hydrogen) atoms. The van der Waals surface area contributed by atoms with Crippen molar-refractivity contribution >= 4 is 17.1 Å². The molecule has 252 valence electrons. The molecule has 11 rings (SSSR count). The smallest absolute Gasteiger partial charge is 0.0471 e. The van der Waals surface area contributed by atoms with Gasteiger partial charge in [-0.2, -0.15) is 0 Å². The number of benzene rings is 5. The summed E-state index contributed by atoms with van der Waals surface area (Å²) in [5.41, 5.74) is 15.4. The second kappa shape index (κ2) is 11.7. The quantitative estimate of drug-likeness (QED) is 0.176. The standard InChI is InChI=1S/C49H51N/c1-48(2)45-16-10-9-15-43(45)47-44(38-13-7-4-8-14-38)28-42(29-46(47)48)50(40-21-17-37(18-22-40)36-11-5-3-6-12-36)41-23-19-39(20-24-41)49-30-33-25-34(31-49)27-35(26-33)32-49/h4,7-10,13-24,28-29,33-36H,3,5-6,11-12,25-27,30-32H2,1-2H3. The summed E-state index contributed by atoms with van der Waals surface area (Å²) in [5.74, 6) is 3.57. The van der Waals surface area contributed by atoms with E-state index in [0.717, 1.165) is 17.8 Å². The van der Waals surface area contributed by atoms with Crippen LogP contribution in [-0.2, 0) is 10.8 Å². The Morgan fingerprint density at radius 3 is 1.80 bits per heavy atom. The molecule has 0 saturated heterocycles. The maximum absolute atomic E-state index is 2.56. The summed E-state index contributed by atoms with van der Waals surface area (Å²) in [4.78, 5) is 2.56. The molecule has 0 amide bonds. The van der Waals surface area contributed by atoms with E-state index in [1.54, 1.807) is 5.56 Å². The summed E-state index contributed by atoms with van der Waals surface area (Å²) in [6, 6.07) is 44.8. The zero-order valence-electron chi connectivity index (χ0n) is 30.0. The highest BCUT2D eigenvalue weighted by Gasteiger charge is 2.51. The monoisotopic (exact) mass is 653 g/mol. The number of anilines is 3. The number of nitrogens with zero attached hydrogens (tertiary/aromatic N) is 1. The molecule has 0 atom stereocenters. The van der Waals surface area contributed by atoms with Crippen LogP contribution in [0.5, 0.6) is 0 Å². The molecule has 6 aliphatic rings. The van der Waals surface area contributed by atoms with E-state index in [-0.39, 0.29) is 5.41 Å². The molecule has 5 aromatic carbocycles. The molecule has 0 aliphatic heterocycles. The molecule has 1 heteroatoms. The average Bonchev–Trinajstić information content (AvgIpc) is 3.38. The Labute approximate surface area is 299 Å². The van der Waals surface area contributed by atoms with Crippen LogP contribution in [0.15, 0.2) is 115 Å². The lowest BCUT2D eigenvalue weighted by atomic mass is 9.48. The van der Waals surface area contributed by atoms with Gasteiger partial charge in [0, 0.05) is 22.5 Å². The second-order valence-electron chi connectivity index (χ2n) is 17.5. The summed E-state index contributed by atoms with van der Waals surface area (Å²) >= 11 is 0. The first kappa shape index (κ1) is 30.7. The molecule has 0 spiro atoms. The third-order valence-corrected chi connectivity index (χ3v) is 14.0. The number of hydrogen-bond donors (Lipinski definition) is 0. The number of rotatable bonds is 6. The third-order valence-electron chi connectivity index (χ3n) is 14.0. The van der Waals surface area contributed by atoms with Crippen LogP contribution < -0.4 is 4.90 Å². The molecule has 5 aromatic rings. The highest BCUT2D eigenvalue weighted by atomic mass is 15.1. The van der Waals surface area contributed by atoms with E-state index in [4.69, 9.17) is 0 Å². The maximum Gasteiger partial charge on any atom is 0.0471 e. The Hall–Kier alpha value is -4.10. The van der Waals surface area contributed by atoms with Gasteiger partial charge in [0.1, 0.15) is 0 Å². The molecule has 0 unspecified atom stereocenters. The van der Waals surface area contributed by atoms with E-state index in [2.05, 4.69) is 134 Å². The van der Waals surface area contributed by atoms with Crippen LogP contribution in [-0.4, -0.2) is 0 Å². The summed E-state index contributed by atoms with van der Waals surface area (Å²) in [7, 11) is 0. The molecule has 0 N–H and O–H groups in total. The minimum absolute atomic E-state index is 0.0929. The van der Waals surface area contributed by atoms with Gasteiger partial charge in [0.05, 0.1) is 0 Å². The Morgan fingerprint density at radius 2 is 1.14 bits per heavy atom. The lowest BCUT2D eigenvalue weighted by molar-refractivity contribution is -0.00518. The second-order valence-corrected chi connectivity index (χ2v) is 17.5. The predicted octanol–water partition coefficient (Wildman–Crippen LogP) is 13.6. The van der Waals surface area contributed by atoms with Crippen molar-refractivity contribution in [1.29, 1.82) is 0 Å². The highest BCUT2D eigenvalue weighted by Crippen LogP contribution is 2.61. The zero-order valence-corrected chi connectivity index (χ0v) is 30.0. The van der Waals surface area contributed by atoms with E-state index in [1.807, 2.05) is 0 Å². The van der Waals surface area contributed by atoms with Gasteiger partial charge in [-0.1, -0.05) is 112 Å². The van der Waals surface area contributed by atoms with Gasteiger partial charge in [0.2, 0.25) is 0 Å². The Kier molecular flexibility index (Phi) is 7.20. The van der Waals surface area contributed by atoms with Crippen molar-refractivity contribution in [3.05, 3.63) is 138 Å². The van der Waals surface area contributed by atoms with E-state index in [0.29, 0.717) is 11.3 Å². The van der Waals surface area contributed by atoms with E-state index >= 15 is 0 Å². The lowest BCUT2D eigenvalue weighted by Crippen LogP contribution is -2.48. The van der Waals surface area contributed by atoms with Crippen molar-refractivity contribution in [3.8, 4) is 22.3 Å². The molecule has 0 aromatic heterocycles. The molecule has 5 saturated carbocycles. The SMILES string of the molecule is CC1(C)c2ccccc2-c2c(-c3ccccc3)cc(N(c3ccc(C4CCCCC4)cc3)c3ccc(C45CC6CC(CC(C6)C4)C5)cc3)cc21. The first-order valence-electron chi connectivity index (χ1n) is 19.8. The lowest BCUT2D eigenvalue weighted by Gasteiger charge is -2.57. The van der Waals surface area contributed by atoms with E-state index < -0.39 is 0 Å². The fourth-order valence-electron chi connectivity index (χ4n) is 12.0. The van der Waals surface area contributed by atoms with Crippen molar-refractivity contribution < 1.29 is 0 Å². The van der Waals surface area contributed by atoms with Crippen LogP contribution in [0.25, 0.3) is 22.3 Å². The molecule has 1 nitrogen and oxygen atoms in total. The molecule has 4 bridgehead atoms. The van der Waals surface area contributed by atoms with Gasteiger partial charge in [-0.15, -0.1) is 0 Å². The largest absolute Gasteiger partial charge is 0.310 e. The van der Waals surface area contributed by atoms with Crippen LogP contribution in [0.4, 0.5) is 17.1 Å². The van der Waals surface area contributed by atoms with Crippen molar-refractivity contribution in [2.24, 2.45) is 17.8 Å². The van der Waals surface area contributed by atoms with Crippen LogP contribution >= 0.6 is 0 Å². The zero-order chi connectivity index (χ0) is 33.5. The van der Waals surface area contributed by atoms with Crippen LogP contribution in [0.1, 0.15) is 113 Å². The summed E-state index contributed by atoms with van der Waals surface area (Å²) in [6.45, 7) is 4.83. The van der Waals surface area contributed by atoms with Crippen molar-refractivity contribution in [3.63, 3.8) is 0 Å². The van der Waals surface area contributed by atoms with Crippen LogP contribution in [0.3, 0.4) is 0 Å². The number of hydrogen-bond acceptors (Lipinski definition) is 1. The minimum atomic E-state index is -0.0929. The molecular formula is C49H51N. The van der Waals surface area contributed by atoms with Crippen molar-refractivity contribution in [2.75, 3.05) is 4.90 Å². The van der Waals surface area contributed by atoms with Gasteiger partial charge in [0.25, 0.3) is 0 Å². The maximum atomic E-state index is 2.56. The van der Waals surface area contributed by atoms with Gasteiger partial charge < -0.3 is 4.90 Å². The fourth-order valence-corrected chi connectivity index (χ4v) is 12.0. The predicted molar refractivity (Wildman–Crippen MR) is 210 cm³/mol.